The minimum atomic E-state index is -2.04. The van der Waals surface area contributed by atoms with E-state index in [2.05, 4.69) is 75.5 Å². The van der Waals surface area contributed by atoms with Gasteiger partial charge >= 0.3 is 150 Å². The third kappa shape index (κ3) is 4.22. The molecule has 0 aliphatic carbocycles. The molecule has 1 unspecified atom stereocenters. The van der Waals surface area contributed by atoms with E-state index in [1.165, 1.54) is 11.1 Å². The van der Waals surface area contributed by atoms with Crippen LogP contribution in [0.25, 0.3) is 0 Å². The maximum atomic E-state index is 10.5. The molecule has 1 heterocycles. The number of rotatable bonds is 5. The molecule has 0 bridgehead atoms. The topological polar surface area (TPSA) is 29.5 Å². The summed E-state index contributed by atoms with van der Waals surface area (Å²) in [5.41, 5.74) is 2.64. The Morgan fingerprint density at radius 2 is 1.46 bits per heavy atom. The van der Waals surface area contributed by atoms with E-state index in [1.807, 2.05) is 0 Å². The van der Waals surface area contributed by atoms with Gasteiger partial charge in [-0.15, -0.1) is 0 Å². The van der Waals surface area contributed by atoms with Crippen molar-refractivity contribution in [1.82, 2.24) is 0 Å². The Bertz CT molecular complexity index is 596. The minimum absolute atomic E-state index is 0.242. The van der Waals surface area contributed by atoms with Crippen molar-refractivity contribution in [2.75, 3.05) is 6.61 Å². The van der Waals surface area contributed by atoms with Crippen LogP contribution in [0.2, 0.25) is 19.3 Å². The number of benzene rings is 2. The Hall–Kier alpha value is -0.841. The maximum absolute atomic E-state index is 10.5. The summed E-state index contributed by atoms with van der Waals surface area (Å²) in [6, 6.07) is 21.4. The number of ether oxygens (including phenoxy) is 1. The Morgan fingerprint density at radius 3 is 1.92 bits per heavy atom. The van der Waals surface area contributed by atoms with Gasteiger partial charge in [0.05, 0.1) is 0 Å². The van der Waals surface area contributed by atoms with E-state index in [0.717, 1.165) is 4.44 Å². The number of aliphatic hydroxyl groups is 1. The molecule has 128 valence electrons. The number of aliphatic hydroxyl groups excluding tert-OH is 1. The summed E-state index contributed by atoms with van der Waals surface area (Å²) in [7, 11) is 0. The second kappa shape index (κ2) is 7.59. The van der Waals surface area contributed by atoms with Crippen LogP contribution in [0.1, 0.15) is 17.0 Å². The zero-order valence-corrected chi connectivity index (χ0v) is 17.7. The van der Waals surface area contributed by atoms with Crippen molar-refractivity contribution in [2.45, 2.75) is 31.5 Å². The molecule has 1 aliphatic rings. The first-order valence-corrected chi connectivity index (χ1v) is 19.4. The molecule has 0 spiro atoms. The third-order valence-electron chi connectivity index (χ3n) is 4.97. The van der Waals surface area contributed by atoms with E-state index in [1.54, 1.807) is 0 Å². The van der Waals surface area contributed by atoms with Gasteiger partial charge in [-0.3, -0.25) is 0 Å². The quantitative estimate of drug-likeness (QED) is 0.694. The summed E-state index contributed by atoms with van der Waals surface area (Å²) >= 11 is -2.04. The first-order valence-electron chi connectivity index (χ1n) is 8.85. The fourth-order valence-corrected chi connectivity index (χ4v) is 9.45. The predicted molar refractivity (Wildman–Crippen MR) is 102 cm³/mol. The van der Waals surface area contributed by atoms with Gasteiger partial charge in [-0.25, -0.2) is 0 Å². The Kier molecular flexibility index (Phi) is 5.68. The number of hydrogen-bond acceptors (Lipinski definition) is 2. The number of hydrogen-bond donors (Lipinski definition) is 1. The summed E-state index contributed by atoms with van der Waals surface area (Å²) in [4.78, 5) is 7.32. The summed E-state index contributed by atoms with van der Waals surface area (Å²) in [6.45, 7) is 0.641. The van der Waals surface area contributed by atoms with Crippen LogP contribution in [-0.4, -0.2) is 36.4 Å². The molecule has 1 N–H and O–H groups in total. The van der Waals surface area contributed by atoms with Gasteiger partial charge in [-0.1, -0.05) is 0 Å². The van der Waals surface area contributed by atoms with E-state index in [9.17, 15) is 5.11 Å². The van der Waals surface area contributed by atoms with Crippen molar-refractivity contribution in [3.8, 4) is 0 Å². The normalized spacial score (nSPS) is 24.5. The molecular weight excluding hydrogens is 403 g/mol. The molecule has 0 saturated carbocycles. The SMILES string of the molecule is [CH3][Sn]([CH3])([CH3])[CH2][C@@H]1C(O)OC[C@H]1C(c1ccccc1)c1ccccc1. The van der Waals surface area contributed by atoms with Crippen molar-refractivity contribution in [1.29, 1.82) is 0 Å². The molecule has 1 aliphatic heterocycles. The summed E-state index contributed by atoms with van der Waals surface area (Å²) in [5.74, 6) is 0.857. The van der Waals surface area contributed by atoms with Crippen LogP contribution in [0, 0.1) is 11.8 Å². The first-order chi connectivity index (χ1) is 11.5. The van der Waals surface area contributed by atoms with Crippen LogP contribution in [-0.2, 0) is 4.74 Å². The van der Waals surface area contributed by atoms with Crippen molar-refractivity contribution in [2.24, 2.45) is 11.8 Å². The molecule has 0 radical (unpaired) electrons. The second-order valence-corrected chi connectivity index (χ2v) is 23.9. The Balaban J connectivity index is 1.99. The predicted octanol–water partition coefficient (Wildman–Crippen LogP) is 4.74. The molecule has 24 heavy (non-hydrogen) atoms. The van der Waals surface area contributed by atoms with Crippen LogP contribution in [0.4, 0.5) is 0 Å². The summed E-state index contributed by atoms with van der Waals surface area (Å²) in [6.07, 6.45) is -0.610. The Morgan fingerprint density at radius 1 is 0.958 bits per heavy atom. The van der Waals surface area contributed by atoms with E-state index in [0.29, 0.717) is 12.5 Å². The van der Waals surface area contributed by atoms with Gasteiger partial charge in [0.2, 0.25) is 0 Å². The monoisotopic (exact) mass is 432 g/mol. The van der Waals surface area contributed by atoms with Gasteiger partial charge in [-0.2, -0.15) is 0 Å². The van der Waals surface area contributed by atoms with Crippen LogP contribution in [0.5, 0.6) is 0 Å². The Labute approximate surface area is 149 Å². The van der Waals surface area contributed by atoms with Crippen molar-refractivity contribution >= 4 is 18.4 Å². The van der Waals surface area contributed by atoms with Crippen molar-refractivity contribution in [3.05, 3.63) is 71.8 Å². The van der Waals surface area contributed by atoms with Crippen LogP contribution in [0.3, 0.4) is 0 Å². The van der Waals surface area contributed by atoms with E-state index in [4.69, 9.17) is 4.74 Å². The average Bonchev–Trinajstić information content (AvgIpc) is 2.89. The van der Waals surface area contributed by atoms with Gasteiger partial charge in [-0.05, 0) is 0 Å². The first kappa shape index (κ1) is 18.0. The van der Waals surface area contributed by atoms with Crippen LogP contribution in [0.15, 0.2) is 60.7 Å². The van der Waals surface area contributed by atoms with Gasteiger partial charge in [0, 0.05) is 0 Å². The zero-order chi connectivity index (χ0) is 17.2. The summed E-state index contributed by atoms with van der Waals surface area (Å²) < 4.78 is 6.90. The molecule has 3 heteroatoms. The molecule has 3 atom stereocenters. The molecule has 3 rings (SSSR count). The second-order valence-electron chi connectivity index (χ2n) is 8.12. The molecule has 2 aromatic rings. The fraction of sp³-hybridized carbons (Fsp3) is 0.429. The molecule has 1 fully saturated rings. The molecular formula is C21H28O2Sn. The van der Waals surface area contributed by atoms with Gasteiger partial charge in [0.15, 0.2) is 0 Å². The average molecular weight is 431 g/mol. The van der Waals surface area contributed by atoms with E-state index in [-0.39, 0.29) is 11.8 Å². The standard InChI is InChI=1S/C18H19O2.3CH3.Sn/c1-13-16(12-20-18(13)19)17(14-8-4-2-5-9-14)15-10-6-3-7-11-15;;;;/h2-11,13,16-19H,1,12H2;3*1H3;/t13-,16+,18?;;;;/m0..../s1. The van der Waals surface area contributed by atoms with Crippen LogP contribution >= 0.6 is 0 Å². The van der Waals surface area contributed by atoms with Crippen molar-refractivity contribution in [3.63, 3.8) is 0 Å². The molecule has 0 aromatic heterocycles. The van der Waals surface area contributed by atoms with E-state index < -0.39 is 24.7 Å². The van der Waals surface area contributed by atoms with E-state index >= 15 is 0 Å². The van der Waals surface area contributed by atoms with Gasteiger partial charge in [0.1, 0.15) is 0 Å². The van der Waals surface area contributed by atoms with Gasteiger partial charge in [0.25, 0.3) is 0 Å². The molecule has 1 saturated heterocycles. The molecule has 2 aromatic carbocycles. The van der Waals surface area contributed by atoms with Crippen LogP contribution < -0.4 is 0 Å². The zero-order valence-electron chi connectivity index (χ0n) is 14.9. The summed E-state index contributed by atoms with van der Waals surface area (Å²) in [5, 5.41) is 10.5. The van der Waals surface area contributed by atoms with Crippen molar-refractivity contribution < 1.29 is 9.84 Å². The third-order valence-corrected chi connectivity index (χ3v) is 9.81. The molecule has 0 amide bonds. The fourth-order valence-electron chi connectivity index (χ4n) is 3.98. The molecule has 2 nitrogen and oxygen atoms in total. The van der Waals surface area contributed by atoms with Gasteiger partial charge < -0.3 is 0 Å².